The Hall–Kier alpha value is -3.29. The van der Waals surface area contributed by atoms with Gasteiger partial charge in [0.15, 0.2) is 0 Å². The van der Waals surface area contributed by atoms with Gasteiger partial charge in [-0.25, -0.2) is 4.98 Å². The molecule has 0 radical (unpaired) electrons. The van der Waals surface area contributed by atoms with Gasteiger partial charge in [-0.05, 0) is 54.8 Å². The van der Waals surface area contributed by atoms with Crippen LogP contribution < -0.4 is 4.74 Å². The van der Waals surface area contributed by atoms with Gasteiger partial charge in [-0.3, -0.25) is 9.59 Å². The molecule has 0 bridgehead atoms. The highest BCUT2D eigenvalue weighted by Crippen LogP contribution is 2.42. The number of ether oxygens (including phenoxy) is 1. The molecule has 2 atom stereocenters. The number of amides is 1. The van der Waals surface area contributed by atoms with Gasteiger partial charge >= 0.3 is 0 Å². The molecule has 7 nitrogen and oxygen atoms in total. The van der Waals surface area contributed by atoms with Crippen LogP contribution in [-0.2, 0) is 22.6 Å². The van der Waals surface area contributed by atoms with Crippen molar-refractivity contribution in [1.82, 2.24) is 14.5 Å². The van der Waals surface area contributed by atoms with E-state index in [9.17, 15) is 14.7 Å². The van der Waals surface area contributed by atoms with Crippen molar-refractivity contribution < 1.29 is 19.4 Å². The van der Waals surface area contributed by atoms with Crippen LogP contribution in [0.1, 0.15) is 36.1 Å². The summed E-state index contributed by atoms with van der Waals surface area (Å²) in [5.41, 5.74) is 2.04. The van der Waals surface area contributed by atoms with Gasteiger partial charge in [0.2, 0.25) is 0 Å². The molecule has 2 aliphatic heterocycles. The fourth-order valence-corrected chi connectivity index (χ4v) is 5.01. The molecule has 180 valence electrons. The Balaban J connectivity index is 1.55. The van der Waals surface area contributed by atoms with E-state index in [4.69, 9.17) is 27.9 Å². The summed E-state index contributed by atoms with van der Waals surface area (Å²) >= 11 is 12.4. The largest absolute Gasteiger partial charge is 0.507 e. The van der Waals surface area contributed by atoms with Crippen molar-refractivity contribution in [3.8, 4) is 5.75 Å². The minimum absolute atomic E-state index is 0.0305. The lowest BCUT2D eigenvalue weighted by molar-refractivity contribution is -0.139. The number of Topliss-reactive ketones (excluding diaryl/α,β-unsaturated/α-hetero) is 1. The maximum atomic E-state index is 13.2. The van der Waals surface area contributed by atoms with Crippen molar-refractivity contribution in [3.05, 3.63) is 87.4 Å². The second kappa shape index (κ2) is 9.40. The predicted molar refractivity (Wildman–Crippen MR) is 133 cm³/mol. The molecule has 1 amide bonds. The number of carbonyl (C=O) groups is 2. The van der Waals surface area contributed by atoms with Crippen molar-refractivity contribution in [3.63, 3.8) is 0 Å². The van der Waals surface area contributed by atoms with Crippen molar-refractivity contribution >= 4 is 40.7 Å². The number of nitrogens with zero attached hydrogens (tertiary/aromatic N) is 3. The highest BCUT2D eigenvalue weighted by molar-refractivity contribution is 6.46. The molecule has 35 heavy (non-hydrogen) atoms. The molecular formula is C26H23Cl2N3O4. The average molecular weight is 512 g/mol. The van der Waals surface area contributed by atoms with E-state index in [1.54, 1.807) is 42.9 Å². The van der Waals surface area contributed by atoms with Crippen LogP contribution in [0.3, 0.4) is 0 Å². The molecule has 3 heterocycles. The number of aliphatic hydroxyl groups excluding tert-OH is 1. The molecular weight excluding hydrogens is 489 g/mol. The fraction of sp³-hybridized carbons (Fsp3) is 0.269. The smallest absolute Gasteiger partial charge is 0.295 e. The number of carbonyl (C=O) groups excluding carboxylic acids is 2. The monoisotopic (exact) mass is 511 g/mol. The van der Waals surface area contributed by atoms with Gasteiger partial charge in [-0.2, -0.15) is 0 Å². The van der Waals surface area contributed by atoms with Gasteiger partial charge in [0, 0.05) is 37.5 Å². The summed E-state index contributed by atoms with van der Waals surface area (Å²) in [6, 6.07) is 9.48. The Labute approximate surface area is 212 Å². The summed E-state index contributed by atoms with van der Waals surface area (Å²) in [4.78, 5) is 31.9. The zero-order chi connectivity index (χ0) is 24.7. The van der Waals surface area contributed by atoms with E-state index in [1.807, 2.05) is 23.8 Å². The summed E-state index contributed by atoms with van der Waals surface area (Å²) in [5.74, 6) is -0.855. The topological polar surface area (TPSA) is 84.7 Å². The van der Waals surface area contributed by atoms with Crippen LogP contribution in [0.15, 0.2) is 60.7 Å². The van der Waals surface area contributed by atoms with Crippen molar-refractivity contribution in [1.29, 1.82) is 0 Å². The Kier molecular flexibility index (Phi) is 6.30. The minimum atomic E-state index is -0.795. The predicted octanol–water partition coefficient (Wildman–Crippen LogP) is 5.03. The molecule has 0 unspecified atom stereocenters. The van der Waals surface area contributed by atoms with E-state index >= 15 is 0 Å². The summed E-state index contributed by atoms with van der Waals surface area (Å²) in [6.07, 6.45) is 6.56. The number of aromatic nitrogens is 2. The lowest BCUT2D eigenvalue weighted by Crippen LogP contribution is -2.31. The van der Waals surface area contributed by atoms with Gasteiger partial charge < -0.3 is 19.3 Å². The van der Waals surface area contributed by atoms with Crippen LogP contribution in [-0.4, -0.2) is 43.9 Å². The van der Waals surface area contributed by atoms with Crippen LogP contribution in [0, 0.1) is 0 Å². The third-order valence-corrected chi connectivity index (χ3v) is 7.08. The molecule has 1 aromatic heterocycles. The standard InChI is InChI=1S/C26H23Cl2N3O4/c1-15-11-18-12-17(4-6-21(18)35-15)24(32)22-23(16-3-5-19(27)20(28)13-16)31(26(34)25(22)33)9-2-8-30-10-7-29-14-30/h3-7,10,12-15,23,32H,2,8-9,11H2,1H3/b24-22+/t15-,23+/m0/s1. The molecule has 2 aromatic carbocycles. The van der Waals surface area contributed by atoms with Crippen molar-refractivity contribution in [2.24, 2.45) is 0 Å². The van der Waals surface area contributed by atoms with Gasteiger partial charge in [-0.1, -0.05) is 29.3 Å². The Bertz CT molecular complexity index is 1340. The first kappa shape index (κ1) is 23.5. The molecule has 0 spiro atoms. The number of imidazole rings is 1. The highest BCUT2D eigenvalue weighted by Gasteiger charge is 2.46. The first-order valence-electron chi connectivity index (χ1n) is 11.3. The number of aliphatic hydroxyl groups is 1. The number of hydrogen-bond donors (Lipinski definition) is 1. The van der Waals surface area contributed by atoms with Crippen LogP contribution in [0.25, 0.3) is 5.76 Å². The normalized spacial score (nSPS) is 20.8. The molecule has 1 fully saturated rings. The van der Waals surface area contributed by atoms with E-state index < -0.39 is 17.7 Å². The minimum Gasteiger partial charge on any atom is -0.507 e. The molecule has 1 saturated heterocycles. The third-order valence-electron chi connectivity index (χ3n) is 6.34. The van der Waals surface area contributed by atoms with Gasteiger partial charge in [0.1, 0.15) is 17.6 Å². The van der Waals surface area contributed by atoms with Crippen LogP contribution in [0.4, 0.5) is 0 Å². The molecule has 5 rings (SSSR count). The second-order valence-electron chi connectivity index (χ2n) is 8.78. The van der Waals surface area contributed by atoms with Gasteiger partial charge in [-0.15, -0.1) is 0 Å². The van der Waals surface area contributed by atoms with E-state index in [1.165, 1.54) is 4.90 Å². The summed E-state index contributed by atoms with van der Waals surface area (Å²) < 4.78 is 7.65. The quantitative estimate of drug-likeness (QED) is 0.285. The molecule has 2 aliphatic rings. The Morgan fingerprint density at radius 3 is 2.71 bits per heavy atom. The number of fused-ring (bicyclic) bond motifs is 1. The first-order valence-corrected chi connectivity index (χ1v) is 12.1. The lowest BCUT2D eigenvalue weighted by atomic mass is 9.94. The molecule has 1 N–H and O–H groups in total. The third kappa shape index (κ3) is 4.42. The summed E-state index contributed by atoms with van der Waals surface area (Å²) in [7, 11) is 0. The van der Waals surface area contributed by atoms with Crippen molar-refractivity contribution in [2.75, 3.05) is 6.54 Å². The van der Waals surface area contributed by atoms with Crippen LogP contribution >= 0.6 is 23.2 Å². The van der Waals surface area contributed by atoms with Crippen LogP contribution in [0.5, 0.6) is 5.75 Å². The average Bonchev–Trinajstić information content (AvgIpc) is 3.54. The SMILES string of the molecule is C[C@H]1Cc2cc(/C(O)=C3\C(=O)C(=O)N(CCCn4ccnc4)[C@@H]3c3ccc(Cl)c(Cl)c3)ccc2O1. The number of ketones is 1. The summed E-state index contributed by atoms with van der Waals surface area (Å²) in [5, 5.41) is 12.0. The summed E-state index contributed by atoms with van der Waals surface area (Å²) in [6.45, 7) is 2.90. The lowest BCUT2D eigenvalue weighted by Gasteiger charge is -2.25. The number of halogens is 2. The number of likely N-dealkylation sites (tertiary alicyclic amines) is 1. The zero-order valence-electron chi connectivity index (χ0n) is 18.9. The fourth-order valence-electron chi connectivity index (χ4n) is 4.71. The second-order valence-corrected chi connectivity index (χ2v) is 9.59. The maximum Gasteiger partial charge on any atom is 0.295 e. The van der Waals surface area contributed by atoms with E-state index in [-0.39, 0.29) is 17.4 Å². The van der Waals surface area contributed by atoms with E-state index in [0.717, 1.165) is 11.3 Å². The van der Waals surface area contributed by atoms with Crippen molar-refractivity contribution in [2.45, 2.75) is 38.5 Å². The van der Waals surface area contributed by atoms with E-state index in [0.29, 0.717) is 47.1 Å². The number of hydrogen-bond acceptors (Lipinski definition) is 5. The Morgan fingerprint density at radius 2 is 1.97 bits per heavy atom. The number of aryl methyl sites for hydroxylation is 1. The number of rotatable bonds is 6. The molecule has 9 heteroatoms. The molecule has 3 aromatic rings. The molecule has 0 saturated carbocycles. The molecule has 0 aliphatic carbocycles. The Morgan fingerprint density at radius 1 is 1.14 bits per heavy atom. The zero-order valence-corrected chi connectivity index (χ0v) is 20.5. The van der Waals surface area contributed by atoms with Crippen LogP contribution in [0.2, 0.25) is 10.0 Å². The first-order chi connectivity index (χ1) is 16.8. The highest BCUT2D eigenvalue weighted by atomic mass is 35.5. The van der Waals surface area contributed by atoms with Gasteiger partial charge in [0.05, 0.1) is 28.0 Å². The van der Waals surface area contributed by atoms with Gasteiger partial charge in [0.25, 0.3) is 11.7 Å². The van der Waals surface area contributed by atoms with E-state index in [2.05, 4.69) is 4.98 Å². The number of benzene rings is 2. The maximum absolute atomic E-state index is 13.2.